The fourth-order valence-corrected chi connectivity index (χ4v) is 2.01. The molecular weight excluding hydrogens is 214 g/mol. The van der Waals surface area contributed by atoms with Gasteiger partial charge in [0, 0.05) is 5.92 Å². The molecular formula is C13H15N3O. The minimum absolute atomic E-state index is 0.327. The first-order valence-corrected chi connectivity index (χ1v) is 5.89. The van der Waals surface area contributed by atoms with E-state index in [-0.39, 0.29) is 6.04 Å². The third kappa shape index (κ3) is 1.96. The summed E-state index contributed by atoms with van der Waals surface area (Å²) < 4.78 is 5.24. The number of hydrogen-bond donors (Lipinski definition) is 1. The quantitative estimate of drug-likeness (QED) is 0.876. The lowest BCUT2D eigenvalue weighted by Crippen LogP contribution is -2.12. The molecule has 2 unspecified atom stereocenters. The monoisotopic (exact) mass is 229 g/mol. The standard InChI is InChI=1S/C13H15N3O/c1-8-7-10(8)12-15-13(17-16-12)11(14)9-5-3-2-4-6-9/h2-6,8,10-11H,7,14H2,1H3/t8?,10?,11-/m0/s1. The first kappa shape index (κ1) is 10.5. The number of benzene rings is 1. The van der Waals surface area contributed by atoms with Gasteiger partial charge < -0.3 is 10.3 Å². The second-order valence-corrected chi connectivity index (χ2v) is 4.70. The second-order valence-electron chi connectivity index (χ2n) is 4.70. The predicted molar refractivity (Wildman–Crippen MR) is 63.3 cm³/mol. The molecule has 4 nitrogen and oxygen atoms in total. The molecule has 1 aliphatic carbocycles. The molecule has 0 amide bonds. The molecule has 1 aromatic carbocycles. The molecule has 3 rings (SSSR count). The van der Waals surface area contributed by atoms with Crippen molar-refractivity contribution in [2.45, 2.75) is 25.3 Å². The van der Waals surface area contributed by atoms with Gasteiger partial charge in [-0.2, -0.15) is 4.98 Å². The van der Waals surface area contributed by atoms with Crippen molar-refractivity contribution in [3.63, 3.8) is 0 Å². The van der Waals surface area contributed by atoms with Gasteiger partial charge in [-0.05, 0) is 17.9 Å². The summed E-state index contributed by atoms with van der Waals surface area (Å²) in [5.41, 5.74) is 7.08. The fourth-order valence-electron chi connectivity index (χ4n) is 2.01. The van der Waals surface area contributed by atoms with E-state index >= 15 is 0 Å². The molecule has 88 valence electrons. The maximum atomic E-state index is 6.09. The van der Waals surface area contributed by atoms with Crippen LogP contribution in [0.1, 0.15) is 42.6 Å². The zero-order chi connectivity index (χ0) is 11.8. The molecule has 0 saturated heterocycles. The molecule has 1 heterocycles. The summed E-state index contributed by atoms with van der Waals surface area (Å²) in [7, 11) is 0. The van der Waals surface area contributed by atoms with Crippen LogP contribution in [0.15, 0.2) is 34.9 Å². The Morgan fingerprint density at radius 1 is 1.35 bits per heavy atom. The topological polar surface area (TPSA) is 64.9 Å². The van der Waals surface area contributed by atoms with Crippen molar-refractivity contribution in [3.05, 3.63) is 47.6 Å². The Hall–Kier alpha value is -1.68. The van der Waals surface area contributed by atoms with Crippen LogP contribution in [0.2, 0.25) is 0 Å². The van der Waals surface area contributed by atoms with Crippen molar-refractivity contribution in [2.24, 2.45) is 11.7 Å². The van der Waals surface area contributed by atoms with Crippen molar-refractivity contribution >= 4 is 0 Å². The maximum Gasteiger partial charge on any atom is 0.248 e. The van der Waals surface area contributed by atoms with Crippen LogP contribution in [0, 0.1) is 5.92 Å². The van der Waals surface area contributed by atoms with Gasteiger partial charge in [0.25, 0.3) is 0 Å². The van der Waals surface area contributed by atoms with Gasteiger partial charge in [0.05, 0.1) is 0 Å². The number of aromatic nitrogens is 2. The average Bonchev–Trinajstić information content (AvgIpc) is 2.92. The molecule has 17 heavy (non-hydrogen) atoms. The fraction of sp³-hybridized carbons (Fsp3) is 0.385. The van der Waals surface area contributed by atoms with Crippen molar-refractivity contribution in [1.29, 1.82) is 0 Å². The van der Waals surface area contributed by atoms with E-state index in [0.717, 1.165) is 17.8 Å². The SMILES string of the molecule is CC1CC1c1noc([C@@H](N)c2ccccc2)n1. The van der Waals surface area contributed by atoms with E-state index in [1.165, 1.54) is 0 Å². The summed E-state index contributed by atoms with van der Waals surface area (Å²) in [6.45, 7) is 2.19. The highest BCUT2D eigenvalue weighted by molar-refractivity contribution is 5.23. The Kier molecular flexibility index (Phi) is 2.44. The highest BCUT2D eigenvalue weighted by Gasteiger charge is 2.38. The van der Waals surface area contributed by atoms with Gasteiger partial charge in [-0.15, -0.1) is 0 Å². The van der Waals surface area contributed by atoms with Gasteiger partial charge >= 0.3 is 0 Å². The van der Waals surface area contributed by atoms with Crippen LogP contribution in [-0.2, 0) is 0 Å². The molecule has 0 spiro atoms. The van der Waals surface area contributed by atoms with Gasteiger partial charge in [0.2, 0.25) is 5.89 Å². The molecule has 2 N–H and O–H groups in total. The van der Waals surface area contributed by atoms with Gasteiger partial charge in [0.15, 0.2) is 5.82 Å². The van der Waals surface area contributed by atoms with Crippen LogP contribution < -0.4 is 5.73 Å². The molecule has 4 heteroatoms. The zero-order valence-electron chi connectivity index (χ0n) is 9.71. The van der Waals surface area contributed by atoms with Gasteiger partial charge in [-0.3, -0.25) is 0 Å². The summed E-state index contributed by atoms with van der Waals surface area (Å²) in [6, 6.07) is 9.47. The molecule has 1 fully saturated rings. The number of rotatable bonds is 3. The zero-order valence-corrected chi connectivity index (χ0v) is 9.71. The first-order valence-electron chi connectivity index (χ1n) is 5.89. The van der Waals surface area contributed by atoms with E-state index in [4.69, 9.17) is 10.3 Å². The molecule has 2 aromatic rings. The first-order chi connectivity index (χ1) is 8.25. The molecule has 1 aromatic heterocycles. The molecule has 0 aliphatic heterocycles. The van der Waals surface area contributed by atoms with Gasteiger partial charge in [-0.1, -0.05) is 42.4 Å². The Labute approximate surface area is 99.8 Å². The number of hydrogen-bond acceptors (Lipinski definition) is 4. The van der Waals surface area contributed by atoms with Crippen LogP contribution in [-0.4, -0.2) is 10.1 Å². The smallest absolute Gasteiger partial charge is 0.248 e. The van der Waals surface area contributed by atoms with Crippen LogP contribution in [0.4, 0.5) is 0 Å². The second kappa shape index (κ2) is 3.96. The van der Waals surface area contributed by atoms with E-state index in [2.05, 4.69) is 17.1 Å². The molecule has 0 bridgehead atoms. The Balaban J connectivity index is 1.82. The Morgan fingerprint density at radius 3 is 2.71 bits per heavy atom. The normalized spacial score (nSPS) is 24.6. The molecule has 3 atom stereocenters. The van der Waals surface area contributed by atoms with E-state index in [1.54, 1.807) is 0 Å². The van der Waals surface area contributed by atoms with E-state index < -0.39 is 0 Å². The van der Waals surface area contributed by atoms with Gasteiger partial charge in [-0.25, -0.2) is 0 Å². The number of nitrogens with zero attached hydrogens (tertiary/aromatic N) is 2. The summed E-state index contributed by atoms with van der Waals surface area (Å²) in [6.07, 6.45) is 1.15. The molecule has 1 saturated carbocycles. The highest BCUT2D eigenvalue weighted by atomic mass is 16.5. The Morgan fingerprint density at radius 2 is 2.06 bits per heavy atom. The third-order valence-electron chi connectivity index (χ3n) is 3.32. The molecule has 0 radical (unpaired) electrons. The number of nitrogens with two attached hydrogens (primary N) is 1. The summed E-state index contributed by atoms with van der Waals surface area (Å²) in [4.78, 5) is 4.40. The van der Waals surface area contributed by atoms with Crippen LogP contribution in [0.3, 0.4) is 0 Å². The summed E-state index contributed by atoms with van der Waals surface area (Å²) >= 11 is 0. The van der Waals surface area contributed by atoms with Crippen molar-refractivity contribution in [2.75, 3.05) is 0 Å². The van der Waals surface area contributed by atoms with Crippen molar-refractivity contribution in [1.82, 2.24) is 10.1 Å². The lowest BCUT2D eigenvalue weighted by Gasteiger charge is -2.05. The summed E-state index contributed by atoms with van der Waals surface area (Å²) in [5.74, 6) is 2.45. The van der Waals surface area contributed by atoms with E-state index in [0.29, 0.717) is 17.7 Å². The molecule has 1 aliphatic rings. The third-order valence-corrected chi connectivity index (χ3v) is 3.32. The van der Waals surface area contributed by atoms with Crippen molar-refractivity contribution < 1.29 is 4.52 Å². The lowest BCUT2D eigenvalue weighted by molar-refractivity contribution is 0.362. The average molecular weight is 229 g/mol. The van der Waals surface area contributed by atoms with E-state index in [9.17, 15) is 0 Å². The summed E-state index contributed by atoms with van der Waals surface area (Å²) in [5, 5.41) is 4.01. The van der Waals surface area contributed by atoms with Crippen molar-refractivity contribution in [3.8, 4) is 0 Å². The lowest BCUT2D eigenvalue weighted by atomic mass is 10.1. The minimum atomic E-state index is -0.327. The largest absolute Gasteiger partial charge is 0.337 e. The highest BCUT2D eigenvalue weighted by Crippen LogP contribution is 2.45. The Bertz CT molecular complexity index is 508. The van der Waals surface area contributed by atoms with Crippen LogP contribution in [0.5, 0.6) is 0 Å². The van der Waals surface area contributed by atoms with E-state index in [1.807, 2.05) is 30.3 Å². The van der Waals surface area contributed by atoms with Crippen LogP contribution in [0.25, 0.3) is 0 Å². The van der Waals surface area contributed by atoms with Gasteiger partial charge in [0.1, 0.15) is 6.04 Å². The van der Waals surface area contributed by atoms with Crippen LogP contribution >= 0.6 is 0 Å². The maximum absolute atomic E-state index is 6.09. The predicted octanol–water partition coefficient (Wildman–Crippen LogP) is 2.24. The minimum Gasteiger partial charge on any atom is -0.337 e.